The minimum atomic E-state index is -5.90. The highest BCUT2D eigenvalue weighted by Gasteiger charge is 2.75. The van der Waals surface area contributed by atoms with Gasteiger partial charge in [-0.25, -0.2) is 4.79 Å². The number of carbonyl (C=O) groups is 1. The number of esters is 1. The molecule has 11 heteroatoms. The van der Waals surface area contributed by atoms with Gasteiger partial charge in [0.05, 0.1) is 12.0 Å². The molecule has 0 amide bonds. The molecule has 0 rings (SSSR count). The zero-order valence-corrected chi connectivity index (χ0v) is 21.1. The number of carbonyl (C=O) groups excluding carboxylic acids is 1. The Morgan fingerprint density at radius 2 is 1.17 bits per heavy atom. The number of aliphatic hydroxyl groups is 1. The van der Waals surface area contributed by atoms with Crippen molar-refractivity contribution in [2.45, 2.75) is 67.4 Å². The average Bonchev–Trinajstić information content (AvgIpc) is 2.50. The lowest BCUT2D eigenvalue weighted by Crippen LogP contribution is -2.57. The van der Waals surface area contributed by atoms with E-state index in [1.807, 2.05) is 0 Å². The summed E-state index contributed by atoms with van der Waals surface area (Å²) < 4.78 is 30.4. The van der Waals surface area contributed by atoms with Crippen LogP contribution < -0.4 is 0 Å². The summed E-state index contributed by atoms with van der Waals surface area (Å²) in [6.45, 7) is 14.4. The predicted octanol–water partition coefficient (Wildman–Crippen LogP) is 3.46. The molecule has 0 saturated carbocycles. The fourth-order valence-corrected chi connectivity index (χ4v) is 8.39. The van der Waals surface area contributed by atoms with Gasteiger partial charge in [-0.3, -0.25) is 9.13 Å². The highest BCUT2D eigenvalue weighted by molar-refractivity contribution is 7.72. The Kier molecular flexibility index (Phi) is 9.77. The van der Waals surface area contributed by atoms with E-state index in [-0.39, 0.29) is 24.0 Å². The smallest absolute Gasteiger partial charge is 0.370 e. The molecular weight excluding hydrogens is 434 g/mol. The van der Waals surface area contributed by atoms with Crippen LogP contribution in [0.5, 0.6) is 0 Å². The number of hydrogen-bond acceptors (Lipinski definition) is 5. The van der Waals surface area contributed by atoms with E-state index in [9.17, 15) is 38.6 Å². The van der Waals surface area contributed by atoms with E-state index in [1.54, 1.807) is 34.6 Å². The summed E-state index contributed by atoms with van der Waals surface area (Å²) in [5.41, 5.74) is -2.19. The molecule has 0 fully saturated rings. The third-order valence-corrected chi connectivity index (χ3v) is 9.54. The highest BCUT2D eigenvalue weighted by Crippen LogP contribution is 2.78. The minimum Gasteiger partial charge on any atom is -0.463 e. The molecule has 0 radical (unpaired) electrons. The maximum absolute atomic E-state index is 13.3. The first-order valence-corrected chi connectivity index (χ1v) is 13.2. The van der Waals surface area contributed by atoms with Gasteiger partial charge in [-0.15, -0.1) is 0 Å². The molecule has 0 aromatic carbocycles. The van der Waals surface area contributed by atoms with Gasteiger partial charge in [-0.1, -0.05) is 61.0 Å². The van der Waals surface area contributed by atoms with Crippen molar-refractivity contribution < 1.29 is 43.3 Å². The molecule has 0 aliphatic carbocycles. The van der Waals surface area contributed by atoms with Crippen LogP contribution in [-0.2, 0) is 18.7 Å². The first-order chi connectivity index (χ1) is 13.3. The van der Waals surface area contributed by atoms with Gasteiger partial charge < -0.3 is 29.4 Å². The van der Waals surface area contributed by atoms with Crippen LogP contribution in [0.3, 0.4) is 0 Å². The molecule has 0 unspecified atom stereocenters. The molecule has 0 aromatic heterocycles. The standard InChI is InChI=1S/C19H38O9P2/c1-10-28-17(20)16(15(11(2)3)12(4)5)18(13(6)7,14(8)9)19(21,29(22,23)24)30(25,26)27/h11-14,21H,10H2,1-9H3,(H2,22,23,24)(H2,25,26,27). The van der Waals surface area contributed by atoms with Crippen molar-refractivity contribution >= 4 is 21.2 Å². The Morgan fingerprint density at radius 1 is 0.833 bits per heavy atom. The number of hydrogen-bond donors (Lipinski definition) is 5. The maximum atomic E-state index is 13.3. The molecule has 0 aliphatic heterocycles. The summed E-state index contributed by atoms with van der Waals surface area (Å²) in [6, 6.07) is 0. The van der Waals surface area contributed by atoms with E-state index in [1.165, 1.54) is 27.7 Å². The van der Waals surface area contributed by atoms with Crippen molar-refractivity contribution in [3.63, 3.8) is 0 Å². The van der Waals surface area contributed by atoms with Crippen molar-refractivity contribution in [3.8, 4) is 0 Å². The van der Waals surface area contributed by atoms with Crippen molar-refractivity contribution in [1.29, 1.82) is 0 Å². The molecule has 30 heavy (non-hydrogen) atoms. The van der Waals surface area contributed by atoms with Crippen molar-refractivity contribution in [3.05, 3.63) is 11.1 Å². The fraction of sp³-hybridized carbons (Fsp3) is 0.842. The number of ether oxygens (including phenoxy) is 1. The Hall–Kier alpha value is -0.530. The van der Waals surface area contributed by atoms with Crippen molar-refractivity contribution in [2.75, 3.05) is 6.61 Å². The van der Waals surface area contributed by atoms with E-state index >= 15 is 0 Å². The Bertz CT molecular complexity index is 701. The second-order valence-electron chi connectivity index (χ2n) is 8.76. The number of allylic oxidation sites excluding steroid dienone is 1. The first-order valence-electron chi connectivity index (χ1n) is 10.0. The lowest BCUT2D eigenvalue weighted by Gasteiger charge is -2.53. The molecule has 0 saturated heterocycles. The van der Waals surface area contributed by atoms with E-state index < -0.39 is 43.5 Å². The normalized spacial score (nSPS) is 14.1. The molecule has 0 heterocycles. The second-order valence-corrected chi connectivity index (χ2v) is 12.6. The molecular formula is C19H38O9P2. The quantitative estimate of drug-likeness (QED) is 0.182. The van der Waals surface area contributed by atoms with Crippen molar-refractivity contribution in [1.82, 2.24) is 0 Å². The van der Waals surface area contributed by atoms with Crippen LogP contribution in [0.1, 0.15) is 62.3 Å². The van der Waals surface area contributed by atoms with Crippen LogP contribution in [0.2, 0.25) is 0 Å². The molecule has 0 bridgehead atoms. The van der Waals surface area contributed by atoms with Gasteiger partial charge in [-0.2, -0.15) is 0 Å². The summed E-state index contributed by atoms with van der Waals surface area (Å²) in [6.07, 6.45) is 0. The third-order valence-electron chi connectivity index (χ3n) is 5.61. The monoisotopic (exact) mass is 472 g/mol. The minimum absolute atomic E-state index is 0.0671. The van der Waals surface area contributed by atoms with Crippen LogP contribution in [0.15, 0.2) is 11.1 Å². The molecule has 0 aromatic rings. The van der Waals surface area contributed by atoms with Crippen molar-refractivity contribution in [2.24, 2.45) is 29.1 Å². The Labute approximate surface area is 179 Å². The molecule has 5 N–H and O–H groups in total. The summed E-state index contributed by atoms with van der Waals surface area (Å²) in [4.78, 5) is 53.7. The Balaban J connectivity index is 8.20. The zero-order chi connectivity index (χ0) is 24.5. The van der Waals surface area contributed by atoms with Gasteiger partial charge in [0, 0.05) is 5.57 Å². The van der Waals surface area contributed by atoms with E-state index in [0.29, 0.717) is 5.57 Å². The van der Waals surface area contributed by atoms with E-state index in [2.05, 4.69) is 0 Å². The summed E-state index contributed by atoms with van der Waals surface area (Å²) >= 11 is 0. The fourth-order valence-electron chi connectivity index (χ4n) is 4.81. The average molecular weight is 472 g/mol. The van der Waals surface area contributed by atoms with E-state index in [0.717, 1.165) is 0 Å². The van der Waals surface area contributed by atoms with Gasteiger partial charge in [0.15, 0.2) is 0 Å². The molecule has 178 valence electrons. The largest absolute Gasteiger partial charge is 0.463 e. The Morgan fingerprint density at radius 3 is 1.37 bits per heavy atom. The van der Waals surface area contributed by atoms with Crippen LogP contribution in [-0.4, -0.2) is 42.3 Å². The lowest BCUT2D eigenvalue weighted by atomic mass is 9.61. The summed E-state index contributed by atoms with van der Waals surface area (Å²) in [7, 11) is -11.8. The van der Waals surface area contributed by atoms with Gasteiger partial charge in [0.1, 0.15) is 0 Å². The maximum Gasteiger partial charge on any atom is 0.370 e. The topological polar surface area (TPSA) is 162 Å². The zero-order valence-electron chi connectivity index (χ0n) is 19.3. The molecule has 0 aliphatic rings. The van der Waals surface area contributed by atoms with Crippen LogP contribution in [0.25, 0.3) is 0 Å². The molecule has 0 spiro atoms. The lowest BCUT2D eigenvalue weighted by molar-refractivity contribution is -0.143. The van der Waals surface area contributed by atoms with Gasteiger partial charge in [-0.05, 0) is 30.6 Å². The number of rotatable bonds is 10. The first kappa shape index (κ1) is 29.5. The van der Waals surface area contributed by atoms with Gasteiger partial charge >= 0.3 is 21.2 Å². The SMILES string of the molecule is CCOC(=O)C(=C(C(C)C)C(C)C)C(C(C)C)(C(C)C)C(O)(P(=O)(O)O)P(=O)(O)O. The van der Waals surface area contributed by atoms with Crippen LogP contribution >= 0.6 is 15.2 Å². The summed E-state index contributed by atoms with van der Waals surface area (Å²) in [5.74, 6) is -3.56. The van der Waals surface area contributed by atoms with Crippen LogP contribution in [0.4, 0.5) is 0 Å². The predicted molar refractivity (Wildman–Crippen MR) is 114 cm³/mol. The van der Waals surface area contributed by atoms with Crippen LogP contribution in [0, 0.1) is 29.1 Å². The highest BCUT2D eigenvalue weighted by atomic mass is 31.2. The molecule has 0 atom stereocenters. The van der Waals surface area contributed by atoms with Gasteiger partial charge in [0.25, 0.3) is 5.08 Å². The van der Waals surface area contributed by atoms with E-state index in [4.69, 9.17) is 4.74 Å². The second kappa shape index (κ2) is 9.95. The third kappa shape index (κ3) is 4.78. The molecule has 9 nitrogen and oxygen atoms in total. The summed E-state index contributed by atoms with van der Waals surface area (Å²) in [5, 5.41) is 7.53. The van der Waals surface area contributed by atoms with Gasteiger partial charge in [0.2, 0.25) is 0 Å².